The highest BCUT2D eigenvalue weighted by atomic mass is 16.4. The van der Waals surface area contributed by atoms with E-state index in [0.29, 0.717) is 0 Å². The number of hydrogen-bond acceptors (Lipinski definition) is 3. The van der Waals surface area contributed by atoms with Gasteiger partial charge in [0.15, 0.2) is 0 Å². The summed E-state index contributed by atoms with van der Waals surface area (Å²) >= 11 is 0. The molecule has 1 aliphatic heterocycles. The van der Waals surface area contributed by atoms with Crippen LogP contribution in [0, 0.1) is 0 Å². The molecule has 0 saturated heterocycles. The average molecular weight is 276 g/mol. The van der Waals surface area contributed by atoms with Crippen LogP contribution in [0.4, 0.5) is 5.69 Å². The highest BCUT2D eigenvalue weighted by Gasteiger charge is 2.15. The molecule has 0 aliphatic carbocycles. The summed E-state index contributed by atoms with van der Waals surface area (Å²) < 4.78 is 0. The lowest BCUT2D eigenvalue weighted by Gasteiger charge is -2.28. The quantitative estimate of drug-likeness (QED) is 0.866. The van der Waals surface area contributed by atoms with Crippen LogP contribution in [-0.4, -0.2) is 42.7 Å². The first-order chi connectivity index (χ1) is 9.60. The predicted octanol–water partition coefficient (Wildman–Crippen LogP) is 2.37. The highest BCUT2D eigenvalue weighted by molar-refractivity contribution is 5.69. The van der Waals surface area contributed by atoms with E-state index in [2.05, 4.69) is 37.1 Å². The molecular formula is C16H24N2O2. The monoisotopic (exact) mass is 276 g/mol. The van der Waals surface area contributed by atoms with E-state index in [9.17, 15) is 4.79 Å². The van der Waals surface area contributed by atoms with Gasteiger partial charge in [0.2, 0.25) is 0 Å². The number of nitrogens with zero attached hydrogens (tertiary/aromatic N) is 2. The minimum absolute atomic E-state index is 0.116. The van der Waals surface area contributed by atoms with E-state index in [0.717, 1.165) is 32.5 Å². The summed E-state index contributed by atoms with van der Waals surface area (Å²) in [6, 6.07) is 6.55. The van der Waals surface area contributed by atoms with Crippen LogP contribution in [0.25, 0.3) is 0 Å². The Morgan fingerprint density at radius 2 is 2.25 bits per heavy atom. The molecule has 0 fully saturated rings. The summed E-state index contributed by atoms with van der Waals surface area (Å²) in [6.07, 6.45) is 3.29. The second-order valence-corrected chi connectivity index (χ2v) is 5.59. The Labute approximate surface area is 121 Å². The molecule has 0 spiro atoms. The maximum Gasteiger partial charge on any atom is 0.317 e. The van der Waals surface area contributed by atoms with Crippen LogP contribution >= 0.6 is 0 Å². The Morgan fingerprint density at radius 1 is 1.45 bits per heavy atom. The fourth-order valence-electron chi connectivity index (χ4n) is 2.92. The van der Waals surface area contributed by atoms with Crippen molar-refractivity contribution in [2.24, 2.45) is 0 Å². The highest BCUT2D eigenvalue weighted by Crippen LogP contribution is 2.27. The molecule has 0 aromatic heterocycles. The van der Waals surface area contributed by atoms with Crippen molar-refractivity contribution in [3.05, 3.63) is 29.3 Å². The van der Waals surface area contributed by atoms with Crippen molar-refractivity contribution in [2.75, 3.05) is 31.6 Å². The zero-order chi connectivity index (χ0) is 14.5. The van der Waals surface area contributed by atoms with Gasteiger partial charge >= 0.3 is 5.97 Å². The Hall–Kier alpha value is -1.55. The third-order valence-corrected chi connectivity index (χ3v) is 3.80. The van der Waals surface area contributed by atoms with Crippen molar-refractivity contribution in [3.8, 4) is 0 Å². The minimum Gasteiger partial charge on any atom is -0.480 e. The first-order valence-corrected chi connectivity index (χ1v) is 7.37. The number of aliphatic carboxylic acids is 1. The predicted molar refractivity (Wildman–Crippen MR) is 81.2 cm³/mol. The van der Waals surface area contributed by atoms with Gasteiger partial charge in [0.05, 0.1) is 6.54 Å². The van der Waals surface area contributed by atoms with E-state index in [4.69, 9.17) is 5.11 Å². The van der Waals surface area contributed by atoms with Gasteiger partial charge in [-0.25, -0.2) is 0 Å². The molecule has 4 heteroatoms. The van der Waals surface area contributed by atoms with Crippen LogP contribution in [0.1, 0.15) is 30.9 Å². The fraction of sp³-hybridized carbons (Fsp3) is 0.562. The molecule has 20 heavy (non-hydrogen) atoms. The molecule has 0 amide bonds. The Morgan fingerprint density at radius 3 is 2.95 bits per heavy atom. The molecule has 1 N–H and O–H groups in total. The maximum absolute atomic E-state index is 10.9. The first-order valence-electron chi connectivity index (χ1n) is 7.37. The van der Waals surface area contributed by atoms with Crippen LogP contribution < -0.4 is 4.90 Å². The minimum atomic E-state index is -0.754. The van der Waals surface area contributed by atoms with Crippen LogP contribution in [0.2, 0.25) is 0 Å². The molecule has 1 heterocycles. The van der Waals surface area contributed by atoms with Gasteiger partial charge in [0.1, 0.15) is 0 Å². The van der Waals surface area contributed by atoms with Crippen LogP contribution in [0.5, 0.6) is 0 Å². The van der Waals surface area contributed by atoms with Crippen molar-refractivity contribution in [1.29, 1.82) is 0 Å². The smallest absolute Gasteiger partial charge is 0.317 e. The molecule has 0 bridgehead atoms. The molecule has 0 atom stereocenters. The third kappa shape index (κ3) is 3.73. The summed E-state index contributed by atoms with van der Waals surface area (Å²) in [5.41, 5.74) is 3.93. The molecule has 1 aliphatic rings. The number of fused-ring (bicyclic) bond motifs is 1. The topological polar surface area (TPSA) is 43.8 Å². The van der Waals surface area contributed by atoms with E-state index >= 15 is 0 Å². The lowest BCUT2D eigenvalue weighted by Crippen LogP contribution is -2.30. The van der Waals surface area contributed by atoms with E-state index in [1.807, 2.05) is 4.90 Å². The molecule has 0 saturated carbocycles. The van der Waals surface area contributed by atoms with Crippen molar-refractivity contribution >= 4 is 11.7 Å². The van der Waals surface area contributed by atoms with Crippen LogP contribution in [0.3, 0.4) is 0 Å². The molecule has 1 aromatic carbocycles. The summed E-state index contributed by atoms with van der Waals surface area (Å²) in [7, 11) is 2.13. The number of carboxylic acids is 1. The zero-order valence-corrected chi connectivity index (χ0v) is 12.4. The van der Waals surface area contributed by atoms with Gasteiger partial charge < -0.3 is 10.0 Å². The number of carboxylic acid groups (broad SMARTS) is 1. The molecule has 110 valence electrons. The van der Waals surface area contributed by atoms with Crippen molar-refractivity contribution < 1.29 is 9.90 Å². The van der Waals surface area contributed by atoms with Gasteiger partial charge in [-0.15, -0.1) is 0 Å². The van der Waals surface area contributed by atoms with Crippen molar-refractivity contribution in [3.63, 3.8) is 0 Å². The van der Waals surface area contributed by atoms with Gasteiger partial charge in [-0.2, -0.15) is 0 Å². The van der Waals surface area contributed by atoms with E-state index in [-0.39, 0.29) is 6.54 Å². The Balaban J connectivity index is 2.10. The SMILES string of the molecule is CCCN(CC(=O)O)Cc1ccc2c(c1)CCCN2C. The van der Waals surface area contributed by atoms with Gasteiger partial charge in [0.25, 0.3) is 0 Å². The normalized spacial score (nSPS) is 14.4. The number of rotatable bonds is 6. The first kappa shape index (κ1) is 14.9. The number of anilines is 1. The van der Waals surface area contributed by atoms with Crippen molar-refractivity contribution in [1.82, 2.24) is 4.90 Å². The number of hydrogen-bond donors (Lipinski definition) is 1. The second-order valence-electron chi connectivity index (χ2n) is 5.59. The Kier molecular flexibility index (Phi) is 5.01. The number of carbonyl (C=O) groups is 1. The number of benzene rings is 1. The van der Waals surface area contributed by atoms with Gasteiger partial charge in [-0.1, -0.05) is 19.1 Å². The molecule has 0 unspecified atom stereocenters. The van der Waals surface area contributed by atoms with Crippen LogP contribution in [0.15, 0.2) is 18.2 Å². The molecule has 4 nitrogen and oxygen atoms in total. The zero-order valence-electron chi connectivity index (χ0n) is 12.4. The van der Waals surface area contributed by atoms with Gasteiger partial charge in [-0.3, -0.25) is 9.69 Å². The third-order valence-electron chi connectivity index (χ3n) is 3.80. The molecular weight excluding hydrogens is 252 g/mol. The van der Waals surface area contributed by atoms with E-state index in [1.165, 1.54) is 23.2 Å². The molecule has 0 radical (unpaired) electrons. The second kappa shape index (κ2) is 6.75. The van der Waals surface area contributed by atoms with Crippen LogP contribution in [-0.2, 0) is 17.8 Å². The van der Waals surface area contributed by atoms with E-state index in [1.54, 1.807) is 0 Å². The number of aryl methyl sites for hydroxylation is 1. The largest absolute Gasteiger partial charge is 0.480 e. The van der Waals surface area contributed by atoms with E-state index < -0.39 is 5.97 Å². The lowest BCUT2D eigenvalue weighted by molar-refractivity contribution is -0.138. The standard InChI is InChI=1S/C16H24N2O2/c1-3-8-18(12-16(19)20)11-13-6-7-15-14(10-13)5-4-9-17(15)2/h6-7,10H,3-5,8-9,11-12H2,1-2H3,(H,19,20). The Bertz CT molecular complexity index is 474. The summed E-state index contributed by atoms with van der Waals surface area (Å²) in [4.78, 5) is 15.2. The fourth-order valence-corrected chi connectivity index (χ4v) is 2.92. The lowest BCUT2D eigenvalue weighted by atomic mass is 9.99. The van der Waals surface area contributed by atoms with Gasteiger partial charge in [0, 0.05) is 25.8 Å². The summed E-state index contributed by atoms with van der Waals surface area (Å²) in [5, 5.41) is 8.97. The maximum atomic E-state index is 10.9. The van der Waals surface area contributed by atoms with Crippen molar-refractivity contribution in [2.45, 2.75) is 32.7 Å². The summed E-state index contributed by atoms with van der Waals surface area (Å²) in [6.45, 7) is 4.86. The summed E-state index contributed by atoms with van der Waals surface area (Å²) in [5.74, 6) is -0.754. The van der Waals surface area contributed by atoms with Gasteiger partial charge in [-0.05, 0) is 43.0 Å². The molecule has 2 rings (SSSR count). The average Bonchev–Trinajstić information content (AvgIpc) is 2.38. The molecule has 1 aromatic rings.